The Morgan fingerprint density at radius 2 is 2.07 bits per heavy atom. The Bertz CT molecular complexity index is 336. The summed E-state index contributed by atoms with van der Waals surface area (Å²) in [5.41, 5.74) is 0. The molecular formula is C10H17OS2Sn+. The van der Waals surface area contributed by atoms with Crippen molar-refractivity contribution in [1.82, 2.24) is 0 Å². The summed E-state index contributed by atoms with van der Waals surface area (Å²) in [4.78, 5) is 8.59. The number of rotatable bonds is 2. The van der Waals surface area contributed by atoms with Gasteiger partial charge >= 0.3 is 99.1 Å². The molecule has 0 amide bonds. The first-order valence-corrected chi connectivity index (χ1v) is 16.6. The summed E-state index contributed by atoms with van der Waals surface area (Å²) in [6, 6.07) is 2.32. The van der Waals surface area contributed by atoms with E-state index in [9.17, 15) is 0 Å². The van der Waals surface area contributed by atoms with Crippen molar-refractivity contribution < 1.29 is 4.42 Å². The number of hydrogen-bond donors (Lipinski definition) is 0. The van der Waals surface area contributed by atoms with Crippen molar-refractivity contribution in [1.29, 1.82) is 0 Å². The summed E-state index contributed by atoms with van der Waals surface area (Å²) < 4.78 is 6.91. The van der Waals surface area contributed by atoms with Gasteiger partial charge in [-0.3, -0.25) is 0 Å². The molecule has 0 aliphatic carbocycles. The molecule has 4 heteroatoms. The van der Waals surface area contributed by atoms with Crippen molar-refractivity contribution in [2.75, 3.05) is 13.4 Å². The second-order valence-electron chi connectivity index (χ2n) is 4.15. The fourth-order valence-electron chi connectivity index (χ4n) is 1.12. The van der Waals surface area contributed by atoms with Crippen molar-refractivity contribution >= 4 is 50.2 Å². The van der Waals surface area contributed by atoms with Gasteiger partial charge in [0.25, 0.3) is 0 Å². The molecule has 0 radical (unpaired) electrons. The first-order chi connectivity index (χ1) is 6.49. The van der Waals surface area contributed by atoms with E-state index in [-0.39, 0.29) is 0 Å². The van der Waals surface area contributed by atoms with Crippen LogP contribution in [0.5, 0.6) is 0 Å². The number of carbonyl (C=O) groups excluding carboxylic acids is 1. The topological polar surface area (TPSA) is 11.3 Å². The molecule has 0 saturated heterocycles. The van der Waals surface area contributed by atoms with Crippen LogP contribution < -0.4 is 3.58 Å². The molecule has 0 aromatic carbocycles. The van der Waals surface area contributed by atoms with E-state index in [0.717, 1.165) is 5.12 Å². The predicted molar refractivity (Wildman–Crippen MR) is 71.1 cm³/mol. The zero-order valence-electron chi connectivity index (χ0n) is 9.38. The van der Waals surface area contributed by atoms with Crippen LogP contribution in [0.4, 0.5) is 0 Å². The van der Waals surface area contributed by atoms with Gasteiger partial charge in [0.15, 0.2) is 0 Å². The van der Waals surface area contributed by atoms with Crippen LogP contribution >= 0.6 is 23.1 Å². The summed E-state index contributed by atoms with van der Waals surface area (Å²) in [5, 5.41) is 3.34. The summed E-state index contributed by atoms with van der Waals surface area (Å²) >= 11 is 1.62. The van der Waals surface area contributed by atoms with Gasteiger partial charge in [-0.15, -0.1) is 0 Å². The van der Waals surface area contributed by atoms with Crippen LogP contribution in [-0.2, 0) is 0 Å². The molecular weight excluding hydrogens is 319 g/mol. The minimum atomic E-state index is -1.86. The molecule has 0 saturated carbocycles. The molecule has 1 aromatic heterocycles. The second kappa shape index (κ2) is 5.03. The molecule has 1 nitrogen and oxygen atoms in total. The molecule has 1 rings (SSSR count). The van der Waals surface area contributed by atoms with Gasteiger partial charge in [-0.1, -0.05) is 0 Å². The van der Waals surface area contributed by atoms with Crippen LogP contribution in [0.25, 0.3) is 0 Å². The molecule has 14 heavy (non-hydrogen) atoms. The molecule has 78 valence electrons. The number of thioether (sulfide) groups is 1. The van der Waals surface area contributed by atoms with E-state index in [4.69, 9.17) is 4.42 Å². The van der Waals surface area contributed by atoms with Gasteiger partial charge in [0.1, 0.15) is 0 Å². The van der Waals surface area contributed by atoms with Gasteiger partial charge in [0.2, 0.25) is 0 Å². The quantitative estimate of drug-likeness (QED) is 0.597. The maximum atomic E-state index is 5.32. The van der Waals surface area contributed by atoms with Crippen LogP contribution in [0.15, 0.2) is 11.4 Å². The zero-order valence-corrected chi connectivity index (χ0v) is 13.9. The Morgan fingerprint density at radius 3 is 2.43 bits per heavy atom. The van der Waals surface area contributed by atoms with E-state index < -0.39 is 18.4 Å². The van der Waals surface area contributed by atoms with Gasteiger partial charge in [0.05, 0.1) is 0 Å². The SMILES string of the molecule is C[O+]=C(SC)c1c[c]([Sn]([CH3])([CH3])[CH3])cs1. The van der Waals surface area contributed by atoms with Crippen molar-refractivity contribution in [3.05, 3.63) is 16.3 Å². The van der Waals surface area contributed by atoms with E-state index in [0.29, 0.717) is 0 Å². The fourth-order valence-corrected chi connectivity index (χ4v) is 8.47. The number of hydrogen-bond acceptors (Lipinski definition) is 2. The fraction of sp³-hybridized carbons (Fsp3) is 0.500. The standard InChI is InChI=1S/C7H8OS2.3CH3.Sn/c1-8-7(9-2)6-4-3-5-10-6;;;;/h4-5H,1-2H3;3*1H3;/q+1;;;;. The third kappa shape index (κ3) is 3.00. The normalized spacial score (nSPS) is 13.4. The molecule has 0 spiro atoms. The third-order valence-corrected chi connectivity index (χ3v) is 10.2. The summed E-state index contributed by atoms with van der Waals surface area (Å²) in [6.07, 6.45) is 2.05. The summed E-state index contributed by atoms with van der Waals surface area (Å²) in [7, 11) is 1.74. The first-order valence-electron chi connectivity index (χ1n) is 4.53. The Labute approximate surface area is 98.5 Å². The molecule has 0 N–H and O–H groups in total. The van der Waals surface area contributed by atoms with Gasteiger partial charge in [-0.2, -0.15) is 0 Å². The first kappa shape index (κ1) is 12.6. The van der Waals surface area contributed by atoms with E-state index in [1.54, 1.807) is 33.8 Å². The summed E-state index contributed by atoms with van der Waals surface area (Å²) in [5.74, 6) is 0. The average molecular weight is 336 g/mol. The minimum absolute atomic E-state index is 1.04. The molecule has 0 aliphatic heterocycles. The molecule has 0 unspecified atom stereocenters. The van der Waals surface area contributed by atoms with Crippen LogP contribution in [0.2, 0.25) is 14.8 Å². The van der Waals surface area contributed by atoms with Crippen LogP contribution in [0.3, 0.4) is 0 Å². The summed E-state index contributed by atoms with van der Waals surface area (Å²) in [6.45, 7) is 0. The van der Waals surface area contributed by atoms with E-state index >= 15 is 0 Å². The third-order valence-electron chi connectivity index (χ3n) is 2.04. The van der Waals surface area contributed by atoms with Crippen LogP contribution in [0.1, 0.15) is 9.30 Å². The van der Waals surface area contributed by atoms with Crippen molar-refractivity contribution in [3.63, 3.8) is 0 Å². The molecule has 0 atom stereocenters. The van der Waals surface area contributed by atoms with Crippen molar-refractivity contribution in [2.24, 2.45) is 0 Å². The Hall–Kier alpha value is 0.519. The Morgan fingerprint density at radius 1 is 1.43 bits per heavy atom. The monoisotopic (exact) mass is 337 g/mol. The van der Waals surface area contributed by atoms with Crippen molar-refractivity contribution in [2.45, 2.75) is 14.8 Å². The van der Waals surface area contributed by atoms with Crippen LogP contribution in [0, 0.1) is 0 Å². The zero-order chi connectivity index (χ0) is 10.8. The molecule has 1 aromatic rings. The van der Waals surface area contributed by atoms with E-state index in [1.807, 2.05) is 0 Å². The molecule has 1 heterocycles. The second-order valence-corrected chi connectivity index (χ2v) is 20.3. The number of thiophene rings is 1. The molecule has 0 fully saturated rings. The Balaban J connectivity index is 2.99. The average Bonchev–Trinajstić information content (AvgIpc) is 2.54. The maximum absolute atomic E-state index is 5.32. The van der Waals surface area contributed by atoms with Crippen molar-refractivity contribution in [3.8, 4) is 0 Å². The van der Waals surface area contributed by atoms with E-state index in [1.165, 1.54) is 4.88 Å². The van der Waals surface area contributed by atoms with Gasteiger partial charge < -0.3 is 0 Å². The van der Waals surface area contributed by atoms with Gasteiger partial charge in [-0.25, -0.2) is 0 Å². The molecule has 0 aliphatic rings. The predicted octanol–water partition coefficient (Wildman–Crippen LogP) is 2.96. The molecule has 0 bridgehead atoms. The van der Waals surface area contributed by atoms with Crippen LogP contribution in [-0.4, -0.2) is 36.9 Å². The Kier molecular flexibility index (Phi) is 4.52. The van der Waals surface area contributed by atoms with Gasteiger partial charge in [0, 0.05) is 0 Å². The van der Waals surface area contributed by atoms with E-state index in [2.05, 4.69) is 32.5 Å². The van der Waals surface area contributed by atoms with Gasteiger partial charge in [-0.05, 0) is 0 Å².